The van der Waals surface area contributed by atoms with Crippen LogP contribution in [0.5, 0.6) is 0 Å². The average molecular weight is 387 g/mol. The van der Waals surface area contributed by atoms with Crippen LogP contribution in [0.3, 0.4) is 0 Å². The second kappa shape index (κ2) is 9.52. The number of aryl methyl sites for hydroxylation is 2. The van der Waals surface area contributed by atoms with Crippen molar-refractivity contribution < 1.29 is 14.1 Å². The highest BCUT2D eigenvalue weighted by Crippen LogP contribution is 2.24. The van der Waals surface area contributed by atoms with Crippen molar-refractivity contribution in [3.63, 3.8) is 0 Å². The zero-order valence-electron chi connectivity index (χ0n) is 16.6. The maximum Gasteiger partial charge on any atom is 0.273 e. The van der Waals surface area contributed by atoms with Crippen LogP contribution in [-0.2, 0) is 17.8 Å². The molecule has 1 fully saturated rings. The number of nitrogens with one attached hydrogen (secondary N) is 2. The van der Waals surface area contributed by atoms with Crippen LogP contribution in [0.15, 0.2) is 22.9 Å². The Hall–Kier alpha value is -2.64. The molecule has 0 spiro atoms. The molecule has 0 radical (unpaired) electrons. The highest BCUT2D eigenvalue weighted by atomic mass is 16.5. The van der Waals surface area contributed by atoms with Crippen LogP contribution >= 0.6 is 0 Å². The molecule has 3 rings (SSSR count). The molecule has 0 bridgehead atoms. The molecule has 0 saturated heterocycles. The van der Waals surface area contributed by atoms with Crippen molar-refractivity contribution in [2.75, 3.05) is 6.54 Å². The fraction of sp³-hybridized carbons (Fsp3) is 0.600. The largest absolute Gasteiger partial charge is 0.361 e. The van der Waals surface area contributed by atoms with Crippen LogP contribution in [0.25, 0.3) is 0 Å². The van der Waals surface area contributed by atoms with Gasteiger partial charge in [-0.05, 0) is 45.1 Å². The molecule has 2 amide bonds. The molecule has 0 atom stereocenters. The van der Waals surface area contributed by atoms with Crippen LogP contribution in [0.4, 0.5) is 0 Å². The smallest absolute Gasteiger partial charge is 0.273 e. The van der Waals surface area contributed by atoms with Crippen molar-refractivity contribution >= 4 is 11.8 Å². The molecule has 2 N–H and O–H groups in total. The summed E-state index contributed by atoms with van der Waals surface area (Å²) < 4.78 is 7.00. The van der Waals surface area contributed by atoms with Crippen molar-refractivity contribution in [3.05, 3.63) is 35.5 Å². The number of rotatable bonds is 8. The van der Waals surface area contributed by atoms with Crippen LogP contribution in [-0.4, -0.2) is 39.3 Å². The lowest BCUT2D eigenvalue weighted by molar-refractivity contribution is -0.126. The molecule has 2 heterocycles. The van der Waals surface area contributed by atoms with E-state index in [0.717, 1.165) is 50.0 Å². The van der Waals surface area contributed by atoms with Gasteiger partial charge >= 0.3 is 0 Å². The van der Waals surface area contributed by atoms with Gasteiger partial charge in [-0.3, -0.25) is 14.3 Å². The molecule has 8 heteroatoms. The van der Waals surface area contributed by atoms with Gasteiger partial charge in [0.05, 0.1) is 12.2 Å². The molecule has 2 aromatic rings. The Morgan fingerprint density at radius 3 is 2.75 bits per heavy atom. The Kier molecular flexibility index (Phi) is 6.84. The topological polar surface area (TPSA) is 102 Å². The highest BCUT2D eigenvalue weighted by Gasteiger charge is 2.27. The molecule has 152 valence electrons. The first kappa shape index (κ1) is 20.1. The SMILES string of the molecule is CCCc1cc(C(=O)NC2CCC(C(=O)NCCn3ccc(C)n3)CC2)no1. The summed E-state index contributed by atoms with van der Waals surface area (Å²) in [5.41, 5.74) is 1.30. The van der Waals surface area contributed by atoms with Gasteiger partial charge in [-0.15, -0.1) is 0 Å². The van der Waals surface area contributed by atoms with E-state index in [1.807, 2.05) is 23.9 Å². The summed E-state index contributed by atoms with van der Waals surface area (Å²) in [7, 11) is 0. The molecule has 28 heavy (non-hydrogen) atoms. The fourth-order valence-electron chi connectivity index (χ4n) is 3.57. The zero-order chi connectivity index (χ0) is 19.9. The van der Waals surface area contributed by atoms with E-state index in [-0.39, 0.29) is 23.8 Å². The first-order valence-electron chi connectivity index (χ1n) is 10.1. The molecule has 2 aromatic heterocycles. The normalized spacial score (nSPS) is 19.4. The van der Waals surface area contributed by atoms with Crippen LogP contribution < -0.4 is 10.6 Å². The molecule has 0 aromatic carbocycles. The van der Waals surface area contributed by atoms with E-state index in [9.17, 15) is 9.59 Å². The van der Waals surface area contributed by atoms with Crippen molar-refractivity contribution in [2.24, 2.45) is 5.92 Å². The molecular weight excluding hydrogens is 358 g/mol. The molecular formula is C20H29N5O3. The van der Waals surface area contributed by atoms with E-state index < -0.39 is 0 Å². The maximum atomic E-state index is 12.4. The third-order valence-electron chi connectivity index (χ3n) is 5.14. The summed E-state index contributed by atoms with van der Waals surface area (Å²) in [5, 5.41) is 14.2. The Labute approximate surface area is 165 Å². The van der Waals surface area contributed by atoms with Crippen molar-refractivity contribution in [2.45, 2.75) is 65.0 Å². The quantitative estimate of drug-likeness (QED) is 0.723. The van der Waals surface area contributed by atoms with Crippen LogP contribution in [0.1, 0.15) is 61.0 Å². The number of nitrogens with zero attached hydrogens (tertiary/aromatic N) is 3. The Morgan fingerprint density at radius 2 is 2.07 bits per heavy atom. The maximum absolute atomic E-state index is 12.4. The summed E-state index contributed by atoms with van der Waals surface area (Å²) in [6.45, 7) is 5.24. The number of carbonyl (C=O) groups excluding carboxylic acids is 2. The van der Waals surface area contributed by atoms with Crippen LogP contribution in [0.2, 0.25) is 0 Å². The number of hydrogen-bond acceptors (Lipinski definition) is 5. The van der Waals surface area contributed by atoms with E-state index in [4.69, 9.17) is 4.52 Å². The van der Waals surface area contributed by atoms with E-state index in [1.54, 1.807) is 6.07 Å². The molecule has 8 nitrogen and oxygen atoms in total. The van der Waals surface area contributed by atoms with Gasteiger partial charge in [0.15, 0.2) is 5.69 Å². The minimum absolute atomic E-state index is 0.00992. The van der Waals surface area contributed by atoms with Gasteiger partial charge in [0, 0.05) is 37.2 Å². The van der Waals surface area contributed by atoms with Gasteiger partial charge in [0.25, 0.3) is 5.91 Å². The third-order valence-corrected chi connectivity index (χ3v) is 5.14. The molecule has 1 aliphatic carbocycles. The minimum atomic E-state index is -0.200. The number of aromatic nitrogens is 3. The lowest BCUT2D eigenvalue weighted by Gasteiger charge is -2.28. The Balaban J connectivity index is 1.37. The summed E-state index contributed by atoms with van der Waals surface area (Å²) in [4.78, 5) is 24.7. The average Bonchev–Trinajstić information content (AvgIpc) is 3.32. The lowest BCUT2D eigenvalue weighted by atomic mass is 9.85. The van der Waals surface area contributed by atoms with E-state index >= 15 is 0 Å². The Bertz CT molecular complexity index is 789. The molecule has 1 aliphatic rings. The van der Waals surface area contributed by atoms with E-state index in [2.05, 4.69) is 27.8 Å². The van der Waals surface area contributed by atoms with Crippen LogP contribution in [0, 0.1) is 12.8 Å². The first-order valence-corrected chi connectivity index (χ1v) is 10.1. The number of amides is 2. The van der Waals surface area contributed by atoms with Gasteiger partial charge in [-0.2, -0.15) is 5.10 Å². The monoisotopic (exact) mass is 387 g/mol. The number of hydrogen-bond donors (Lipinski definition) is 2. The summed E-state index contributed by atoms with van der Waals surface area (Å²) >= 11 is 0. The Morgan fingerprint density at radius 1 is 1.29 bits per heavy atom. The van der Waals surface area contributed by atoms with Crippen molar-refractivity contribution in [3.8, 4) is 0 Å². The molecule has 0 aliphatic heterocycles. The summed E-state index contributed by atoms with van der Waals surface area (Å²) in [6.07, 6.45) is 6.78. The van der Waals surface area contributed by atoms with Gasteiger partial charge in [0.1, 0.15) is 5.76 Å². The zero-order valence-corrected chi connectivity index (χ0v) is 16.6. The summed E-state index contributed by atoms with van der Waals surface area (Å²) in [6, 6.07) is 3.73. The van der Waals surface area contributed by atoms with Crippen molar-refractivity contribution in [1.82, 2.24) is 25.6 Å². The van der Waals surface area contributed by atoms with Crippen molar-refractivity contribution in [1.29, 1.82) is 0 Å². The second-order valence-electron chi connectivity index (χ2n) is 7.46. The second-order valence-corrected chi connectivity index (χ2v) is 7.46. The van der Waals surface area contributed by atoms with Gasteiger partial charge < -0.3 is 15.2 Å². The molecule has 0 unspecified atom stereocenters. The van der Waals surface area contributed by atoms with Gasteiger partial charge in [-0.1, -0.05) is 12.1 Å². The summed E-state index contributed by atoms with van der Waals surface area (Å²) in [5.74, 6) is 0.636. The van der Waals surface area contributed by atoms with Gasteiger partial charge in [0.2, 0.25) is 5.91 Å². The highest BCUT2D eigenvalue weighted by molar-refractivity contribution is 5.92. The predicted octanol–water partition coefficient (Wildman–Crippen LogP) is 2.24. The van der Waals surface area contributed by atoms with E-state index in [1.165, 1.54) is 0 Å². The minimum Gasteiger partial charge on any atom is -0.361 e. The third kappa shape index (κ3) is 5.43. The van der Waals surface area contributed by atoms with Gasteiger partial charge in [-0.25, -0.2) is 0 Å². The lowest BCUT2D eigenvalue weighted by Crippen LogP contribution is -2.41. The predicted molar refractivity (Wildman–Crippen MR) is 104 cm³/mol. The standard InChI is InChI=1S/C20H29N5O3/c1-3-4-17-13-18(24-28-17)20(27)22-16-7-5-15(6-8-16)19(26)21-10-12-25-11-9-14(2)23-25/h9,11,13,15-16H,3-8,10,12H2,1-2H3,(H,21,26)(H,22,27). The first-order chi connectivity index (χ1) is 13.5. The molecule has 1 saturated carbocycles. The van der Waals surface area contributed by atoms with E-state index in [0.29, 0.717) is 18.8 Å². The fourth-order valence-corrected chi connectivity index (χ4v) is 3.57. The number of carbonyl (C=O) groups is 2.